The van der Waals surface area contributed by atoms with Gasteiger partial charge in [-0.15, -0.1) is 11.6 Å². The van der Waals surface area contributed by atoms with Crippen molar-refractivity contribution in [3.05, 3.63) is 35.1 Å². The summed E-state index contributed by atoms with van der Waals surface area (Å²) < 4.78 is 38.9. The molecule has 1 unspecified atom stereocenters. The fourth-order valence-electron chi connectivity index (χ4n) is 1.42. The highest BCUT2D eigenvalue weighted by Gasteiger charge is 2.19. The van der Waals surface area contributed by atoms with Gasteiger partial charge in [0.2, 0.25) is 0 Å². The van der Waals surface area contributed by atoms with Crippen molar-refractivity contribution in [1.82, 2.24) is 5.32 Å². The van der Waals surface area contributed by atoms with E-state index in [1.165, 1.54) is 0 Å². The fraction of sp³-hybridized carbons (Fsp3) is 0.417. The predicted molar refractivity (Wildman–Crippen MR) is 63.2 cm³/mol. The molecule has 0 heterocycles. The van der Waals surface area contributed by atoms with Gasteiger partial charge >= 0.3 is 0 Å². The largest absolute Gasteiger partial charge is 0.350 e. The van der Waals surface area contributed by atoms with Crippen LogP contribution in [0.5, 0.6) is 0 Å². The van der Waals surface area contributed by atoms with Crippen LogP contribution in [0, 0.1) is 17.5 Å². The number of rotatable bonds is 5. The summed E-state index contributed by atoms with van der Waals surface area (Å²) in [7, 11) is 0. The van der Waals surface area contributed by atoms with Crippen molar-refractivity contribution in [2.45, 2.75) is 25.1 Å². The van der Waals surface area contributed by atoms with Gasteiger partial charge in [0.05, 0.1) is 10.9 Å². The lowest BCUT2D eigenvalue weighted by atomic mass is 10.1. The Labute approximate surface area is 108 Å². The number of alkyl halides is 1. The molecule has 0 saturated carbocycles. The summed E-state index contributed by atoms with van der Waals surface area (Å²) in [4.78, 5) is 11.5. The first kappa shape index (κ1) is 14.8. The topological polar surface area (TPSA) is 29.1 Å². The van der Waals surface area contributed by atoms with Crippen LogP contribution in [0.25, 0.3) is 0 Å². The number of nitrogens with one attached hydrogen (secondary N) is 1. The molecule has 0 aromatic heterocycles. The summed E-state index contributed by atoms with van der Waals surface area (Å²) in [6.45, 7) is 2.08. The third kappa shape index (κ3) is 3.63. The summed E-state index contributed by atoms with van der Waals surface area (Å²) in [5, 5.41) is 2.10. The van der Waals surface area contributed by atoms with E-state index in [2.05, 4.69) is 5.32 Å². The van der Waals surface area contributed by atoms with Crippen LogP contribution >= 0.6 is 11.6 Å². The summed E-state index contributed by atoms with van der Waals surface area (Å²) in [5.74, 6) is -5.29. The Morgan fingerprint density at radius 2 is 2.00 bits per heavy atom. The van der Waals surface area contributed by atoms with Crippen LogP contribution in [-0.2, 0) is 0 Å². The van der Waals surface area contributed by atoms with Gasteiger partial charge in [-0.25, -0.2) is 13.2 Å². The van der Waals surface area contributed by atoms with Gasteiger partial charge in [-0.05, 0) is 18.6 Å². The zero-order valence-electron chi connectivity index (χ0n) is 9.77. The molecule has 18 heavy (non-hydrogen) atoms. The second kappa shape index (κ2) is 6.64. The highest BCUT2D eigenvalue weighted by atomic mass is 35.5. The number of amides is 1. The minimum atomic E-state index is -1.65. The molecule has 0 aliphatic rings. The molecule has 0 spiro atoms. The third-order valence-corrected chi connectivity index (χ3v) is 2.74. The second-order valence-corrected chi connectivity index (χ2v) is 4.44. The van der Waals surface area contributed by atoms with Crippen LogP contribution in [-0.4, -0.2) is 17.8 Å². The molecule has 1 aromatic rings. The van der Waals surface area contributed by atoms with Crippen LogP contribution in [0.1, 0.15) is 30.1 Å². The molecular weight excluding hydrogens is 267 g/mol. The van der Waals surface area contributed by atoms with Crippen molar-refractivity contribution in [2.24, 2.45) is 0 Å². The van der Waals surface area contributed by atoms with Crippen molar-refractivity contribution in [3.8, 4) is 0 Å². The van der Waals surface area contributed by atoms with Gasteiger partial charge in [-0.3, -0.25) is 4.79 Å². The summed E-state index contributed by atoms with van der Waals surface area (Å²) in [5.41, 5.74) is -0.533. The third-order valence-electron chi connectivity index (χ3n) is 2.37. The van der Waals surface area contributed by atoms with E-state index in [1.54, 1.807) is 0 Å². The number of hydrogen-bond acceptors (Lipinski definition) is 1. The molecule has 0 fully saturated rings. The van der Waals surface area contributed by atoms with Crippen LogP contribution in [0.2, 0.25) is 0 Å². The van der Waals surface area contributed by atoms with E-state index in [1.807, 2.05) is 6.92 Å². The molecule has 2 nitrogen and oxygen atoms in total. The maximum absolute atomic E-state index is 13.3. The number of halogens is 4. The maximum atomic E-state index is 13.3. The highest BCUT2D eigenvalue weighted by molar-refractivity contribution is 6.20. The lowest BCUT2D eigenvalue weighted by Crippen LogP contribution is -2.30. The van der Waals surface area contributed by atoms with Crippen molar-refractivity contribution < 1.29 is 18.0 Å². The van der Waals surface area contributed by atoms with E-state index in [4.69, 9.17) is 11.6 Å². The van der Waals surface area contributed by atoms with Crippen molar-refractivity contribution in [2.75, 3.05) is 6.54 Å². The molecule has 1 N–H and O–H groups in total. The molecule has 1 rings (SSSR count). The quantitative estimate of drug-likeness (QED) is 0.651. The van der Waals surface area contributed by atoms with Crippen molar-refractivity contribution in [3.63, 3.8) is 0 Å². The Morgan fingerprint density at radius 1 is 1.33 bits per heavy atom. The molecule has 0 saturated heterocycles. The van der Waals surface area contributed by atoms with Crippen LogP contribution in [0.15, 0.2) is 12.1 Å². The van der Waals surface area contributed by atoms with E-state index in [9.17, 15) is 18.0 Å². The molecule has 0 aliphatic heterocycles. The number of carbonyl (C=O) groups is 1. The second-order valence-electron chi connectivity index (χ2n) is 3.82. The Balaban J connectivity index is 2.71. The molecule has 1 aromatic carbocycles. The zero-order chi connectivity index (χ0) is 13.7. The minimum Gasteiger partial charge on any atom is -0.350 e. The Bertz CT molecular complexity index is 440. The normalized spacial score (nSPS) is 12.3. The van der Waals surface area contributed by atoms with E-state index in [0.717, 1.165) is 12.5 Å². The standard InChI is InChI=1S/C12H13ClF3NO/c1-2-3-7(13)6-17-12(18)8-4-5-9(14)11(16)10(8)15/h4-5,7H,2-3,6H2,1H3,(H,17,18). The first-order valence-corrected chi connectivity index (χ1v) is 5.96. The van der Waals surface area contributed by atoms with E-state index >= 15 is 0 Å². The summed E-state index contributed by atoms with van der Waals surface area (Å²) >= 11 is 5.87. The van der Waals surface area contributed by atoms with Crippen LogP contribution in [0.4, 0.5) is 13.2 Å². The maximum Gasteiger partial charge on any atom is 0.254 e. The smallest absolute Gasteiger partial charge is 0.254 e. The first-order chi connectivity index (χ1) is 8.47. The average molecular weight is 280 g/mol. The van der Waals surface area contributed by atoms with Crippen molar-refractivity contribution >= 4 is 17.5 Å². The predicted octanol–water partition coefficient (Wildman–Crippen LogP) is 3.24. The molecular formula is C12H13ClF3NO. The van der Waals surface area contributed by atoms with Gasteiger partial charge in [0.25, 0.3) is 5.91 Å². The SMILES string of the molecule is CCCC(Cl)CNC(=O)c1ccc(F)c(F)c1F. The van der Waals surface area contributed by atoms with Crippen LogP contribution < -0.4 is 5.32 Å². The van der Waals surface area contributed by atoms with E-state index in [-0.39, 0.29) is 11.9 Å². The van der Waals surface area contributed by atoms with E-state index < -0.39 is 28.9 Å². The molecule has 1 amide bonds. The van der Waals surface area contributed by atoms with Gasteiger partial charge in [0, 0.05) is 6.54 Å². The Morgan fingerprint density at radius 3 is 2.61 bits per heavy atom. The molecule has 1 atom stereocenters. The summed E-state index contributed by atoms with van der Waals surface area (Å²) in [6, 6.07) is 1.60. The fourth-order valence-corrected chi connectivity index (χ4v) is 1.71. The number of carbonyl (C=O) groups excluding carboxylic acids is 1. The highest BCUT2D eigenvalue weighted by Crippen LogP contribution is 2.15. The summed E-state index contributed by atoms with van der Waals surface area (Å²) in [6.07, 6.45) is 1.55. The van der Waals surface area contributed by atoms with E-state index in [0.29, 0.717) is 12.5 Å². The Kier molecular flexibility index (Phi) is 5.47. The lowest BCUT2D eigenvalue weighted by Gasteiger charge is -2.10. The molecule has 6 heteroatoms. The van der Waals surface area contributed by atoms with Gasteiger partial charge in [0.1, 0.15) is 0 Å². The molecule has 0 bridgehead atoms. The number of hydrogen-bond donors (Lipinski definition) is 1. The van der Waals surface area contributed by atoms with Gasteiger partial charge in [-0.2, -0.15) is 0 Å². The monoisotopic (exact) mass is 279 g/mol. The molecule has 100 valence electrons. The van der Waals surface area contributed by atoms with Gasteiger partial charge < -0.3 is 5.32 Å². The molecule has 0 radical (unpaired) electrons. The Hall–Kier alpha value is -1.23. The van der Waals surface area contributed by atoms with Crippen LogP contribution in [0.3, 0.4) is 0 Å². The van der Waals surface area contributed by atoms with Gasteiger partial charge in [-0.1, -0.05) is 13.3 Å². The minimum absolute atomic E-state index is 0.146. The lowest BCUT2D eigenvalue weighted by molar-refractivity contribution is 0.0948. The molecule has 0 aliphatic carbocycles. The average Bonchev–Trinajstić information content (AvgIpc) is 2.34. The van der Waals surface area contributed by atoms with Crippen molar-refractivity contribution in [1.29, 1.82) is 0 Å². The number of benzene rings is 1. The first-order valence-electron chi connectivity index (χ1n) is 5.53. The van der Waals surface area contributed by atoms with Gasteiger partial charge in [0.15, 0.2) is 17.5 Å². The zero-order valence-corrected chi connectivity index (χ0v) is 10.5.